The number of hydrogen-bond donors (Lipinski definition) is 2. The molecule has 242 valence electrons. The van der Waals surface area contributed by atoms with Crippen LogP contribution in [0.2, 0.25) is 0 Å². The first-order valence-corrected chi connectivity index (χ1v) is 17.3. The van der Waals surface area contributed by atoms with Gasteiger partial charge >= 0.3 is 0 Å². The molecule has 0 amide bonds. The fraction of sp³-hybridized carbons (Fsp3) is 0.778. The van der Waals surface area contributed by atoms with E-state index >= 15 is 0 Å². The summed E-state index contributed by atoms with van der Waals surface area (Å²) < 4.78 is 17.4. The van der Waals surface area contributed by atoms with Gasteiger partial charge in [0.25, 0.3) is 5.95 Å². The van der Waals surface area contributed by atoms with Gasteiger partial charge in [-0.1, -0.05) is 83.6 Å². The van der Waals surface area contributed by atoms with Gasteiger partial charge in [0.15, 0.2) is 11.5 Å². The Balaban J connectivity index is 1.60. The fourth-order valence-corrected chi connectivity index (χ4v) is 5.44. The fourth-order valence-electron chi connectivity index (χ4n) is 5.44. The van der Waals surface area contributed by atoms with Crippen LogP contribution in [0.15, 0.2) is 29.7 Å². The first-order chi connectivity index (χ1) is 20.6. The quantitative estimate of drug-likeness (QED) is 0.0577. The number of rotatable bonds is 28. The lowest BCUT2D eigenvalue weighted by Gasteiger charge is -2.23. The molecule has 0 bridgehead atoms. The molecule has 1 saturated carbocycles. The van der Waals surface area contributed by atoms with Crippen molar-refractivity contribution in [3.05, 3.63) is 35.3 Å². The third-order valence-electron chi connectivity index (χ3n) is 8.41. The number of unbranched alkanes of at least 4 members (excludes halogenated alkanes) is 13. The van der Waals surface area contributed by atoms with Gasteiger partial charge in [0.05, 0.1) is 13.2 Å². The van der Waals surface area contributed by atoms with E-state index in [9.17, 15) is 10.2 Å². The van der Waals surface area contributed by atoms with Crippen molar-refractivity contribution in [2.45, 2.75) is 135 Å². The van der Waals surface area contributed by atoms with Crippen LogP contribution in [0.1, 0.15) is 134 Å². The first kappa shape index (κ1) is 36.3. The van der Waals surface area contributed by atoms with Crippen LogP contribution in [0, 0.1) is 0 Å². The Morgan fingerprint density at radius 1 is 0.667 bits per heavy atom. The lowest BCUT2D eigenvalue weighted by molar-refractivity contribution is 0.0246. The van der Waals surface area contributed by atoms with Crippen LogP contribution in [0.5, 0.6) is 11.5 Å². The minimum absolute atomic E-state index is 0.0333. The molecule has 0 unspecified atom stereocenters. The number of nitrogens with zero attached hydrogens (tertiary/aromatic N) is 1. The molecule has 2 rings (SSSR count). The second kappa shape index (κ2) is 24.5. The molecule has 2 N–H and O–H groups in total. The van der Waals surface area contributed by atoms with Gasteiger partial charge in [0.1, 0.15) is 0 Å². The van der Waals surface area contributed by atoms with E-state index in [4.69, 9.17) is 14.2 Å². The molecule has 6 nitrogen and oxygen atoms in total. The minimum atomic E-state index is -0.0540. The smallest absolute Gasteiger partial charge is 0.278 e. The maximum absolute atomic E-state index is 9.84. The number of allylic oxidation sites excluding steroid dienone is 1. The predicted molar refractivity (Wildman–Crippen MR) is 174 cm³/mol. The molecular weight excluding hydrogens is 526 g/mol. The lowest BCUT2D eigenvalue weighted by atomic mass is 9.93. The highest BCUT2D eigenvalue weighted by atomic mass is 16.7. The molecule has 0 radical (unpaired) electrons. The molecule has 0 saturated heterocycles. The summed E-state index contributed by atoms with van der Waals surface area (Å²) in [4.78, 5) is 2.56. The maximum atomic E-state index is 9.84. The van der Waals surface area contributed by atoms with Gasteiger partial charge in [0, 0.05) is 25.8 Å². The van der Waals surface area contributed by atoms with E-state index < -0.39 is 0 Å². The number of aromatic hydroxyl groups is 2. The summed E-state index contributed by atoms with van der Waals surface area (Å²) in [6.45, 7) is 7.84. The molecule has 42 heavy (non-hydrogen) atoms. The molecule has 0 aromatic heterocycles. The Kier molecular flexibility index (Phi) is 21.2. The predicted octanol–water partition coefficient (Wildman–Crippen LogP) is 9.28. The van der Waals surface area contributed by atoms with Crippen LogP contribution in [0.4, 0.5) is 0 Å². The largest absolute Gasteiger partial charge is 0.504 e. The number of benzene rings is 1. The SMILES string of the molecule is CCCCCCCCCCOC(OCCCCCCN(CCCCCCOC)CCc1ccc(O)c(O)c1)=C1CCC1. The summed E-state index contributed by atoms with van der Waals surface area (Å²) in [6.07, 6.45) is 24.4. The zero-order chi connectivity index (χ0) is 30.1. The van der Waals surface area contributed by atoms with E-state index in [1.807, 2.05) is 6.07 Å². The number of phenols is 2. The minimum Gasteiger partial charge on any atom is -0.504 e. The van der Waals surface area contributed by atoms with Gasteiger partial charge in [-0.15, -0.1) is 0 Å². The Bertz CT molecular complexity index is 821. The summed E-state index contributed by atoms with van der Waals surface area (Å²) in [6, 6.07) is 5.18. The van der Waals surface area contributed by atoms with Gasteiger partial charge in [-0.3, -0.25) is 0 Å². The number of hydrogen-bond acceptors (Lipinski definition) is 6. The average molecular weight is 590 g/mol. The van der Waals surface area contributed by atoms with Crippen molar-refractivity contribution in [2.75, 3.05) is 46.6 Å². The zero-order valence-electron chi connectivity index (χ0n) is 27.2. The van der Waals surface area contributed by atoms with Crippen molar-refractivity contribution in [3.63, 3.8) is 0 Å². The highest BCUT2D eigenvalue weighted by molar-refractivity contribution is 5.40. The van der Waals surface area contributed by atoms with E-state index in [-0.39, 0.29) is 11.5 Å². The molecule has 0 atom stereocenters. The third-order valence-corrected chi connectivity index (χ3v) is 8.41. The molecule has 1 aliphatic carbocycles. The van der Waals surface area contributed by atoms with Gasteiger partial charge in [-0.2, -0.15) is 0 Å². The third kappa shape index (κ3) is 17.3. The Hall–Kier alpha value is -1.92. The number of methoxy groups -OCH3 is 1. The van der Waals surface area contributed by atoms with Crippen molar-refractivity contribution < 1.29 is 24.4 Å². The Morgan fingerprint density at radius 3 is 1.74 bits per heavy atom. The van der Waals surface area contributed by atoms with E-state index in [1.54, 1.807) is 19.2 Å². The summed E-state index contributed by atoms with van der Waals surface area (Å²) in [5, 5.41) is 19.5. The summed E-state index contributed by atoms with van der Waals surface area (Å²) in [5.74, 6) is 0.761. The van der Waals surface area contributed by atoms with Crippen LogP contribution in [0.25, 0.3) is 0 Å². The Morgan fingerprint density at radius 2 is 1.21 bits per heavy atom. The second-order valence-electron chi connectivity index (χ2n) is 12.2. The topological polar surface area (TPSA) is 71.4 Å². The summed E-state index contributed by atoms with van der Waals surface area (Å²) in [5.41, 5.74) is 2.45. The van der Waals surface area contributed by atoms with Crippen LogP contribution < -0.4 is 0 Å². The van der Waals surface area contributed by atoms with Gasteiger partial charge < -0.3 is 29.3 Å². The molecule has 0 heterocycles. The maximum Gasteiger partial charge on any atom is 0.278 e. The standard InChI is InChI=1S/C36H63NO5/c1-3-4-5-6-7-8-11-17-29-41-36(33-20-19-21-33)42-30-18-13-10-15-26-37(25-14-9-12-16-28-40-2)27-24-32-22-23-34(38)35(39)31-32/h22-23,31,38-39H,3-21,24-30H2,1-2H3. The molecule has 0 spiro atoms. The van der Waals surface area contributed by atoms with Crippen LogP contribution in [-0.4, -0.2) is 61.7 Å². The van der Waals surface area contributed by atoms with Gasteiger partial charge in [-0.05, 0) is 88.6 Å². The summed E-state index contributed by atoms with van der Waals surface area (Å²) in [7, 11) is 1.77. The van der Waals surface area contributed by atoms with Crippen molar-refractivity contribution in [3.8, 4) is 11.5 Å². The average Bonchev–Trinajstić information content (AvgIpc) is 2.96. The molecular formula is C36H63NO5. The number of ether oxygens (including phenoxy) is 3. The van der Waals surface area contributed by atoms with Crippen molar-refractivity contribution >= 4 is 0 Å². The summed E-state index contributed by atoms with van der Waals surface area (Å²) >= 11 is 0. The van der Waals surface area contributed by atoms with Gasteiger partial charge in [0.2, 0.25) is 0 Å². The van der Waals surface area contributed by atoms with Gasteiger partial charge in [-0.25, -0.2) is 0 Å². The van der Waals surface area contributed by atoms with E-state index in [1.165, 1.54) is 95.5 Å². The first-order valence-electron chi connectivity index (χ1n) is 17.3. The normalized spacial score (nSPS) is 13.0. The van der Waals surface area contributed by atoms with Crippen molar-refractivity contribution in [1.29, 1.82) is 0 Å². The molecule has 0 aliphatic heterocycles. The molecule has 1 fully saturated rings. The highest BCUT2D eigenvalue weighted by Gasteiger charge is 2.17. The zero-order valence-corrected chi connectivity index (χ0v) is 27.2. The van der Waals surface area contributed by atoms with E-state index in [0.717, 1.165) is 89.5 Å². The van der Waals surface area contributed by atoms with Crippen molar-refractivity contribution in [2.24, 2.45) is 0 Å². The van der Waals surface area contributed by atoms with E-state index in [2.05, 4.69) is 11.8 Å². The van der Waals surface area contributed by atoms with Crippen LogP contribution >= 0.6 is 0 Å². The molecule has 1 aromatic rings. The monoisotopic (exact) mass is 589 g/mol. The molecule has 6 heteroatoms. The lowest BCUT2D eigenvalue weighted by Crippen LogP contribution is -2.28. The second-order valence-corrected chi connectivity index (χ2v) is 12.2. The molecule has 1 aromatic carbocycles. The Labute approximate surface area is 257 Å². The molecule has 1 aliphatic rings. The van der Waals surface area contributed by atoms with Crippen LogP contribution in [0.3, 0.4) is 0 Å². The van der Waals surface area contributed by atoms with Crippen LogP contribution in [-0.2, 0) is 20.6 Å². The highest BCUT2D eigenvalue weighted by Crippen LogP contribution is 2.30. The number of phenolic OH excluding ortho intramolecular Hbond substituents is 2. The van der Waals surface area contributed by atoms with Crippen molar-refractivity contribution in [1.82, 2.24) is 4.90 Å². The van der Waals surface area contributed by atoms with E-state index in [0.29, 0.717) is 0 Å².